The van der Waals surface area contributed by atoms with Crippen LogP contribution < -0.4 is 0 Å². The van der Waals surface area contributed by atoms with Crippen molar-refractivity contribution in [3.63, 3.8) is 0 Å². The first kappa shape index (κ1) is 56.8. The van der Waals surface area contributed by atoms with Gasteiger partial charge in [-0.1, -0.05) is 171 Å². The number of unbranched alkanes of at least 4 members (excludes halogenated alkanes) is 17. The number of carbonyl (C=O) groups excluding carboxylic acids is 1. The Balaban J connectivity index is 2.43. The van der Waals surface area contributed by atoms with Crippen LogP contribution >= 0.6 is 0 Å². The molecule has 1 heterocycles. The third-order valence-corrected chi connectivity index (χ3v) is 10.9. The third kappa shape index (κ3) is 33.0. The molecule has 0 saturated carbocycles. The van der Waals surface area contributed by atoms with Gasteiger partial charge in [0.15, 0.2) is 6.29 Å². The first-order valence-corrected chi connectivity index (χ1v) is 24.9. The normalized spacial score (nSPS) is 20.7. The number of ether oxygens (including phenoxy) is 4. The van der Waals surface area contributed by atoms with Gasteiger partial charge in [0, 0.05) is 13.0 Å². The molecule has 0 spiro atoms. The number of esters is 1. The van der Waals surface area contributed by atoms with Crippen LogP contribution in [0.3, 0.4) is 0 Å². The minimum atomic E-state index is -5.07. The molecule has 1 aliphatic heterocycles. The maximum atomic E-state index is 12.9. The van der Waals surface area contributed by atoms with Gasteiger partial charge in [0.05, 0.1) is 19.8 Å². The zero-order valence-corrected chi connectivity index (χ0v) is 38.5. The molecule has 0 bridgehead atoms. The van der Waals surface area contributed by atoms with Gasteiger partial charge in [0.1, 0.15) is 30.5 Å². The number of aliphatic hydroxyl groups excluding tert-OH is 3. The molecule has 0 aromatic heterocycles. The van der Waals surface area contributed by atoms with Crippen LogP contribution in [0.15, 0.2) is 60.8 Å². The molecule has 1 fully saturated rings. The van der Waals surface area contributed by atoms with Crippen LogP contribution in [-0.2, 0) is 38.3 Å². The molecule has 13 heteroatoms. The number of allylic oxidation sites excluding steroid dienone is 10. The summed E-state index contributed by atoms with van der Waals surface area (Å²) < 4.78 is 59.1. The molecule has 1 saturated heterocycles. The third-order valence-electron chi connectivity index (χ3n) is 10.4. The Kier molecular flexibility index (Phi) is 36.7. The van der Waals surface area contributed by atoms with E-state index in [9.17, 15) is 28.5 Å². The second-order valence-corrected chi connectivity index (χ2v) is 17.0. The number of hydrogen-bond donors (Lipinski definition) is 4. The van der Waals surface area contributed by atoms with Gasteiger partial charge in [0.2, 0.25) is 0 Å². The zero-order valence-electron chi connectivity index (χ0n) is 37.7. The summed E-state index contributed by atoms with van der Waals surface area (Å²) in [6, 6.07) is 0. The largest absolute Gasteiger partial charge is 0.457 e. The van der Waals surface area contributed by atoms with E-state index in [1.54, 1.807) is 0 Å². The fraction of sp³-hybridized carbons (Fsp3) is 0.771. The highest BCUT2D eigenvalue weighted by atomic mass is 32.3. The zero-order chi connectivity index (χ0) is 44.7. The van der Waals surface area contributed by atoms with Crippen LogP contribution in [0.5, 0.6) is 0 Å². The minimum Gasteiger partial charge on any atom is -0.457 e. The van der Waals surface area contributed by atoms with E-state index in [0.717, 1.165) is 83.5 Å². The topological polar surface area (TPSA) is 178 Å². The first-order chi connectivity index (χ1) is 29.6. The smallest absolute Gasteiger partial charge is 0.397 e. The lowest BCUT2D eigenvalue weighted by Crippen LogP contribution is -2.60. The lowest BCUT2D eigenvalue weighted by molar-refractivity contribution is -0.301. The molecule has 61 heavy (non-hydrogen) atoms. The Morgan fingerprint density at radius 2 is 1.13 bits per heavy atom. The second-order valence-electron chi connectivity index (χ2n) is 16.0. The Bertz CT molecular complexity index is 1300. The molecular weight excluding hydrogens is 801 g/mol. The monoisotopic (exact) mass is 885 g/mol. The van der Waals surface area contributed by atoms with Gasteiger partial charge in [-0.15, -0.1) is 0 Å². The molecule has 4 N–H and O–H groups in total. The molecule has 0 radical (unpaired) electrons. The molecule has 0 aliphatic carbocycles. The van der Waals surface area contributed by atoms with Gasteiger partial charge in [0.25, 0.3) is 0 Å². The molecule has 1 rings (SSSR count). The molecule has 354 valence electrons. The maximum Gasteiger partial charge on any atom is 0.397 e. The Labute approximate surface area is 369 Å². The average Bonchev–Trinajstić information content (AvgIpc) is 3.23. The first-order valence-electron chi connectivity index (χ1n) is 23.5. The predicted molar refractivity (Wildman–Crippen MR) is 243 cm³/mol. The molecule has 6 unspecified atom stereocenters. The number of carbonyl (C=O) groups is 1. The van der Waals surface area contributed by atoms with E-state index in [-0.39, 0.29) is 19.6 Å². The molecule has 0 aromatic carbocycles. The summed E-state index contributed by atoms with van der Waals surface area (Å²) >= 11 is 0. The van der Waals surface area contributed by atoms with E-state index in [0.29, 0.717) is 13.0 Å². The van der Waals surface area contributed by atoms with Crippen molar-refractivity contribution in [2.24, 2.45) is 0 Å². The Morgan fingerprint density at radius 1 is 0.639 bits per heavy atom. The second kappa shape index (κ2) is 39.4. The van der Waals surface area contributed by atoms with Gasteiger partial charge < -0.3 is 34.3 Å². The van der Waals surface area contributed by atoms with Crippen molar-refractivity contribution in [1.82, 2.24) is 0 Å². The van der Waals surface area contributed by atoms with E-state index >= 15 is 0 Å². The summed E-state index contributed by atoms with van der Waals surface area (Å²) in [7, 11) is -5.07. The molecular formula is C48H84O12S. The van der Waals surface area contributed by atoms with Crippen molar-refractivity contribution < 1.29 is 56.2 Å². The summed E-state index contributed by atoms with van der Waals surface area (Å²) in [6.45, 7) is 3.81. The molecule has 6 atom stereocenters. The van der Waals surface area contributed by atoms with Crippen LogP contribution in [0.4, 0.5) is 0 Å². The Hall–Kier alpha value is -2.20. The fourth-order valence-electron chi connectivity index (χ4n) is 6.88. The standard InChI is InChI=1S/C48H84O12S/c1-3-5-7-9-11-13-15-17-19-20-21-22-23-24-26-28-30-32-34-36-38-56-40-42(41-57-48-46(52)47(60-61(53,54)55)45(51)43(39-49)59-48)58-44(50)37-35-33-31-29-27-25-18-16-14-12-10-8-6-4-2/h5,7,11,13,17,19,21-22,24,26,42-43,45-49,51-52H,3-4,6,8-10,12,14-16,18,20,23,25,27-41H2,1-2H3,(H,53,54,55)/b7-5-,13-11-,19-17-,22-21-,26-24-. The number of rotatable bonds is 40. The van der Waals surface area contributed by atoms with E-state index in [1.807, 2.05) is 0 Å². The summed E-state index contributed by atoms with van der Waals surface area (Å²) in [5.41, 5.74) is 0. The summed E-state index contributed by atoms with van der Waals surface area (Å²) in [6.07, 6.45) is 39.6. The lowest BCUT2D eigenvalue weighted by atomic mass is 9.99. The van der Waals surface area contributed by atoms with Crippen LogP contribution in [0.1, 0.15) is 174 Å². The van der Waals surface area contributed by atoms with E-state index < -0.39 is 59.8 Å². The number of aliphatic hydroxyl groups is 3. The SMILES string of the molecule is CC/C=C\C/C=C\C/C=C\C/C=C\C/C=C\CCCCCCOCC(COC1OC(CO)C(O)C(OS(=O)(=O)O)C1O)OC(=O)CCCCCCCCCCCCCCCC. The minimum absolute atomic E-state index is 0.0182. The summed E-state index contributed by atoms with van der Waals surface area (Å²) in [5, 5.41) is 30.7. The Morgan fingerprint density at radius 3 is 1.66 bits per heavy atom. The van der Waals surface area contributed by atoms with Crippen molar-refractivity contribution in [2.75, 3.05) is 26.4 Å². The van der Waals surface area contributed by atoms with Gasteiger partial charge in [-0.25, -0.2) is 4.18 Å². The maximum absolute atomic E-state index is 12.9. The summed E-state index contributed by atoms with van der Waals surface area (Å²) in [5.74, 6) is -0.410. The van der Waals surface area contributed by atoms with Crippen LogP contribution in [0.25, 0.3) is 0 Å². The highest BCUT2D eigenvalue weighted by molar-refractivity contribution is 7.80. The predicted octanol–water partition coefficient (Wildman–Crippen LogP) is 10.1. The van der Waals surface area contributed by atoms with Crippen LogP contribution in [0, 0.1) is 0 Å². The van der Waals surface area contributed by atoms with Crippen molar-refractivity contribution in [1.29, 1.82) is 0 Å². The van der Waals surface area contributed by atoms with E-state index in [1.165, 1.54) is 64.2 Å². The molecule has 0 amide bonds. The number of hydrogen-bond acceptors (Lipinski definition) is 11. The van der Waals surface area contributed by atoms with Crippen molar-refractivity contribution in [2.45, 2.75) is 211 Å². The average molecular weight is 885 g/mol. The van der Waals surface area contributed by atoms with Crippen LogP contribution in [0.2, 0.25) is 0 Å². The van der Waals surface area contributed by atoms with Crippen molar-refractivity contribution in [3.8, 4) is 0 Å². The molecule has 12 nitrogen and oxygen atoms in total. The lowest BCUT2D eigenvalue weighted by Gasteiger charge is -2.41. The highest BCUT2D eigenvalue weighted by Crippen LogP contribution is 2.26. The fourth-order valence-corrected chi connectivity index (χ4v) is 7.38. The van der Waals surface area contributed by atoms with Crippen molar-refractivity contribution >= 4 is 16.4 Å². The van der Waals surface area contributed by atoms with Gasteiger partial charge in [-0.3, -0.25) is 9.35 Å². The highest BCUT2D eigenvalue weighted by Gasteiger charge is 2.48. The van der Waals surface area contributed by atoms with Crippen molar-refractivity contribution in [3.05, 3.63) is 60.8 Å². The van der Waals surface area contributed by atoms with Gasteiger partial charge >= 0.3 is 16.4 Å². The van der Waals surface area contributed by atoms with Gasteiger partial charge in [-0.05, 0) is 57.8 Å². The quantitative estimate of drug-likeness (QED) is 0.0198. The summed E-state index contributed by atoms with van der Waals surface area (Å²) in [4.78, 5) is 12.9. The van der Waals surface area contributed by atoms with Crippen LogP contribution in [-0.4, -0.2) is 97.5 Å². The molecule has 0 aromatic rings. The van der Waals surface area contributed by atoms with E-state index in [4.69, 9.17) is 23.5 Å². The van der Waals surface area contributed by atoms with E-state index in [2.05, 4.69) is 78.8 Å². The molecule has 1 aliphatic rings. The van der Waals surface area contributed by atoms with Gasteiger partial charge in [-0.2, -0.15) is 8.42 Å².